The van der Waals surface area contributed by atoms with Crippen LogP contribution in [0.2, 0.25) is 0 Å². The van der Waals surface area contributed by atoms with Crippen LogP contribution in [0.3, 0.4) is 0 Å². The second kappa shape index (κ2) is 5.17. The molecule has 0 spiro atoms. The Morgan fingerprint density at radius 2 is 2.25 bits per heavy atom. The highest BCUT2D eigenvalue weighted by Crippen LogP contribution is 2.17. The Balaban J connectivity index is 2.88. The number of carbonyl (C=O) groups is 1. The van der Waals surface area contributed by atoms with E-state index in [1.165, 1.54) is 6.07 Å². The van der Waals surface area contributed by atoms with Crippen molar-refractivity contribution in [1.29, 1.82) is 0 Å². The number of nitrogens with zero attached hydrogens (tertiary/aromatic N) is 1. The Hall–Kier alpha value is -2.02. The first-order chi connectivity index (χ1) is 7.56. The maximum absolute atomic E-state index is 13.1. The van der Waals surface area contributed by atoms with E-state index in [1.807, 2.05) is 0 Å². The van der Waals surface area contributed by atoms with Gasteiger partial charge in [-0.3, -0.25) is 14.9 Å². The number of nitrogens with two attached hydrogens (primary N) is 1. The Morgan fingerprint density at radius 3 is 2.75 bits per heavy atom. The Labute approximate surface area is 90.4 Å². The summed E-state index contributed by atoms with van der Waals surface area (Å²) in [7, 11) is 0. The molecule has 1 rings (SSSR count). The lowest BCUT2D eigenvalue weighted by Gasteiger charge is -2.03. The predicted molar refractivity (Wildman–Crippen MR) is 54.4 cm³/mol. The maximum Gasteiger partial charge on any atom is 0.304 e. The van der Waals surface area contributed by atoms with E-state index in [0.717, 1.165) is 12.1 Å². The van der Waals surface area contributed by atoms with Gasteiger partial charge in [-0.15, -0.1) is 0 Å². The van der Waals surface area contributed by atoms with E-state index in [2.05, 4.69) is 5.32 Å². The van der Waals surface area contributed by atoms with Crippen molar-refractivity contribution in [2.45, 2.75) is 0 Å². The standard InChI is InChI=1S/C9H10FN3O3/c10-7-5-6(9(14)12-4-3-11)1-2-8(7)13(15)16/h1-2,5H,3-4,11H2,(H,12,14). The van der Waals surface area contributed by atoms with Gasteiger partial charge in [0.05, 0.1) is 4.92 Å². The van der Waals surface area contributed by atoms with Gasteiger partial charge in [0.25, 0.3) is 5.91 Å². The number of nitro groups is 1. The van der Waals surface area contributed by atoms with Crippen molar-refractivity contribution in [3.63, 3.8) is 0 Å². The Morgan fingerprint density at radius 1 is 1.56 bits per heavy atom. The highest BCUT2D eigenvalue weighted by atomic mass is 19.1. The van der Waals surface area contributed by atoms with Gasteiger partial charge in [0, 0.05) is 24.7 Å². The van der Waals surface area contributed by atoms with Crippen molar-refractivity contribution in [2.75, 3.05) is 13.1 Å². The van der Waals surface area contributed by atoms with Crippen molar-refractivity contribution >= 4 is 11.6 Å². The molecule has 0 heterocycles. The topological polar surface area (TPSA) is 98.3 Å². The molecule has 0 aliphatic rings. The molecule has 0 bridgehead atoms. The lowest BCUT2D eigenvalue weighted by molar-refractivity contribution is -0.387. The molecule has 0 fully saturated rings. The molecular formula is C9H10FN3O3. The van der Waals surface area contributed by atoms with E-state index in [-0.39, 0.29) is 18.7 Å². The number of carbonyl (C=O) groups excluding carboxylic acids is 1. The molecule has 0 aliphatic heterocycles. The third-order valence-electron chi connectivity index (χ3n) is 1.84. The molecule has 16 heavy (non-hydrogen) atoms. The molecule has 1 amide bonds. The SMILES string of the molecule is NCCNC(=O)c1ccc([N+](=O)[O-])c(F)c1. The fraction of sp³-hybridized carbons (Fsp3) is 0.222. The molecule has 0 unspecified atom stereocenters. The van der Waals surface area contributed by atoms with Crippen molar-refractivity contribution in [2.24, 2.45) is 5.73 Å². The van der Waals surface area contributed by atoms with Gasteiger partial charge in [0.2, 0.25) is 5.82 Å². The average Bonchev–Trinajstić information content (AvgIpc) is 2.25. The van der Waals surface area contributed by atoms with Crippen LogP contribution in [0.1, 0.15) is 10.4 Å². The first-order valence-corrected chi connectivity index (χ1v) is 4.48. The summed E-state index contributed by atoms with van der Waals surface area (Å²) in [5, 5.41) is 12.7. The number of benzene rings is 1. The van der Waals surface area contributed by atoms with Crippen LogP contribution < -0.4 is 11.1 Å². The molecule has 7 heteroatoms. The maximum atomic E-state index is 13.1. The number of hydrogen-bond donors (Lipinski definition) is 2. The molecule has 0 atom stereocenters. The van der Waals surface area contributed by atoms with Crippen LogP contribution in [-0.4, -0.2) is 23.9 Å². The molecule has 3 N–H and O–H groups in total. The Bertz CT molecular complexity index is 422. The molecular weight excluding hydrogens is 217 g/mol. The van der Waals surface area contributed by atoms with Crippen LogP contribution in [0, 0.1) is 15.9 Å². The molecule has 0 aliphatic carbocycles. The number of rotatable bonds is 4. The molecule has 86 valence electrons. The minimum Gasteiger partial charge on any atom is -0.351 e. The van der Waals surface area contributed by atoms with E-state index in [1.54, 1.807) is 0 Å². The first-order valence-electron chi connectivity index (χ1n) is 4.48. The van der Waals surface area contributed by atoms with Crippen LogP contribution in [0.15, 0.2) is 18.2 Å². The fourth-order valence-corrected chi connectivity index (χ4v) is 1.08. The van der Waals surface area contributed by atoms with Gasteiger partial charge in [0.1, 0.15) is 0 Å². The summed E-state index contributed by atoms with van der Waals surface area (Å²) in [4.78, 5) is 20.8. The molecule has 0 radical (unpaired) electrons. The van der Waals surface area contributed by atoms with Gasteiger partial charge >= 0.3 is 5.69 Å². The monoisotopic (exact) mass is 227 g/mol. The highest BCUT2D eigenvalue weighted by molar-refractivity contribution is 5.94. The van der Waals surface area contributed by atoms with Gasteiger partial charge in [-0.05, 0) is 12.1 Å². The predicted octanol–water partition coefficient (Wildman–Crippen LogP) is 0.422. The Kier molecular flexibility index (Phi) is 3.90. The van der Waals surface area contributed by atoms with Crippen molar-refractivity contribution in [3.05, 3.63) is 39.7 Å². The summed E-state index contributed by atoms with van der Waals surface area (Å²) in [6.45, 7) is 0.526. The lowest BCUT2D eigenvalue weighted by atomic mass is 10.2. The molecule has 1 aromatic carbocycles. The number of amides is 1. The summed E-state index contributed by atoms with van der Waals surface area (Å²) in [5.41, 5.74) is 4.54. The highest BCUT2D eigenvalue weighted by Gasteiger charge is 2.16. The largest absolute Gasteiger partial charge is 0.351 e. The van der Waals surface area contributed by atoms with Crippen LogP contribution in [-0.2, 0) is 0 Å². The zero-order valence-corrected chi connectivity index (χ0v) is 8.27. The zero-order chi connectivity index (χ0) is 12.1. The number of hydrogen-bond acceptors (Lipinski definition) is 4. The van der Waals surface area contributed by atoms with E-state index >= 15 is 0 Å². The van der Waals surface area contributed by atoms with E-state index in [4.69, 9.17) is 5.73 Å². The molecule has 6 nitrogen and oxygen atoms in total. The summed E-state index contributed by atoms with van der Waals surface area (Å²) in [6.07, 6.45) is 0. The first kappa shape index (κ1) is 12.1. The molecule has 1 aromatic rings. The third kappa shape index (κ3) is 2.74. The van der Waals surface area contributed by atoms with Gasteiger partial charge in [-0.1, -0.05) is 0 Å². The third-order valence-corrected chi connectivity index (χ3v) is 1.84. The van der Waals surface area contributed by atoms with Crippen molar-refractivity contribution in [1.82, 2.24) is 5.32 Å². The lowest BCUT2D eigenvalue weighted by Crippen LogP contribution is -2.29. The van der Waals surface area contributed by atoms with Gasteiger partial charge in [-0.25, -0.2) is 0 Å². The second-order valence-electron chi connectivity index (χ2n) is 2.97. The van der Waals surface area contributed by atoms with Crippen LogP contribution in [0.25, 0.3) is 0 Å². The van der Waals surface area contributed by atoms with Crippen molar-refractivity contribution < 1.29 is 14.1 Å². The van der Waals surface area contributed by atoms with E-state index in [9.17, 15) is 19.3 Å². The average molecular weight is 227 g/mol. The summed E-state index contributed by atoms with van der Waals surface area (Å²) in [6, 6.07) is 2.96. The fourth-order valence-electron chi connectivity index (χ4n) is 1.08. The number of halogens is 1. The summed E-state index contributed by atoms with van der Waals surface area (Å²) >= 11 is 0. The van der Waals surface area contributed by atoms with Gasteiger partial charge in [0.15, 0.2) is 0 Å². The van der Waals surface area contributed by atoms with E-state index in [0.29, 0.717) is 0 Å². The molecule has 0 saturated heterocycles. The second-order valence-corrected chi connectivity index (χ2v) is 2.97. The smallest absolute Gasteiger partial charge is 0.304 e. The minimum atomic E-state index is -1.04. The summed E-state index contributed by atoms with van der Waals surface area (Å²) in [5.74, 6) is -1.55. The molecule has 0 saturated carbocycles. The normalized spacial score (nSPS) is 9.88. The minimum absolute atomic E-state index is 0.0246. The van der Waals surface area contributed by atoms with Crippen LogP contribution in [0.4, 0.5) is 10.1 Å². The quantitative estimate of drug-likeness (QED) is 0.575. The zero-order valence-electron chi connectivity index (χ0n) is 8.27. The van der Waals surface area contributed by atoms with Crippen molar-refractivity contribution in [3.8, 4) is 0 Å². The van der Waals surface area contributed by atoms with E-state index < -0.39 is 22.3 Å². The van der Waals surface area contributed by atoms with Gasteiger partial charge in [-0.2, -0.15) is 4.39 Å². The molecule has 0 aromatic heterocycles. The van der Waals surface area contributed by atoms with Crippen LogP contribution >= 0.6 is 0 Å². The number of nitrogens with one attached hydrogen (secondary N) is 1. The van der Waals surface area contributed by atoms with Crippen LogP contribution in [0.5, 0.6) is 0 Å². The summed E-state index contributed by atoms with van der Waals surface area (Å²) < 4.78 is 13.1. The number of nitro benzene ring substituents is 1. The van der Waals surface area contributed by atoms with Gasteiger partial charge < -0.3 is 11.1 Å².